The number of halogens is 3. The summed E-state index contributed by atoms with van der Waals surface area (Å²) in [5, 5.41) is 6.98. The van der Waals surface area contributed by atoms with Crippen molar-refractivity contribution in [3.8, 4) is 11.3 Å². The Labute approximate surface area is 180 Å². The minimum Gasteiger partial charge on any atom is -0.444 e. The van der Waals surface area contributed by atoms with E-state index in [1.807, 2.05) is 0 Å². The molecule has 0 spiro atoms. The van der Waals surface area contributed by atoms with Crippen molar-refractivity contribution in [2.45, 2.75) is 58.5 Å². The van der Waals surface area contributed by atoms with Gasteiger partial charge in [0, 0.05) is 10.9 Å². The molecule has 0 atom stereocenters. The molecule has 1 N–H and O–H groups in total. The topological polar surface area (TPSA) is 73.2 Å². The lowest BCUT2D eigenvalue weighted by molar-refractivity contribution is -0.141. The molecule has 0 bridgehead atoms. The molecule has 0 aliphatic carbocycles. The monoisotopic (exact) mass is 459 g/mol. The number of alkyl halides is 3. The third-order valence-corrected chi connectivity index (χ3v) is 5.74. The standard InChI is InChI=1S/C21H29F3N3O3P/c1-19(2,3)30-18(28)25-20(4,5)13-27-16(12-17(26-27)21(22,23)24)14-9-8-10-15(11-14)31(6,7)29/h8-12H,13H2,1-7H3,(H,25,28). The Hall–Kier alpha value is -2.28. The second kappa shape index (κ2) is 8.34. The van der Waals surface area contributed by atoms with Crippen molar-refractivity contribution in [1.29, 1.82) is 0 Å². The van der Waals surface area contributed by atoms with Gasteiger partial charge in [-0.1, -0.05) is 18.2 Å². The van der Waals surface area contributed by atoms with E-state index >= 15 is 0 Å². The number of aromatic nitrogens is 2. The van der Waals surface area contributed by atoms with Gasteiger partial charge in [-0.3, -0.25) is 4.68 Å². The number of nitrogens with one attached hydrogen (secondary N) is 1. The van der Waals surface area contributed by atoms with Gasteiger partial charge in [-0.25, -0.2) is 4.79 Å². The van der Waals surface area contributed by atoms with Crippen LogP contribution in [0.3, 0.4) is 0 Å². The molecule has 2 aromatic rings. The molecule has 6 nitrogen and oxygen atoms in total. The first-order valence-electron chi connectivity index (χ1n) is 9.70. The van der Waals surface area contributed by atoms with Gasteiger partial charge in [0.25, 0.3) is 0 Å². The molecule has 172 valence electrons. The number of rotatable bonds is 5. The van der Waals surface area contributed by atoms with Gasteiger partial charge in [-0.2, -0.15) is 18.3 Å². The molecule has 0 saturated heterocycles. The molecule has 0 aliphatic rings. The first-order chi connectivity index (χ1) is 13.9. The molecule has 0 unspecified atom stereocenters. The Morgan fingerprint density at radius 1 is 1.13 bits per heavy atom. The van der Waals surface area contributed by atoms with Crippen LogP contribution in [0.2, 0.25) is 0 Å². The Balaban J connectivity index is 2.45. The molecule has 1 heterocycles. The largest absolute Gasteiger partial charge is 0.444 e. The SMILES string of the molecule is CC(C)(Cn1nc(C(F)(F)F)cc1-c1cccc(P(C)(C)=O)c1)NC(=O)OC(C)(C)C. The zero-order valence-electron chi connectivity index (χ0n) is 18.8. The van der Waals surface area contributed by atoms with E-state index in [2.05, 4.69) is 10.4 Å². The Kier molecular flexibility index (Phi) is 6.72. The Bertz CT molecular complexity index is 1000. The maximum Gasteiger partial charge on any atom is 0.435 e. The van der Waals surface area contributed by atoms with Gasteiger partial charge in [-0.15, -0.1) is 0 Å². The number of benzene rings is 1. The van der Waals surface area contributed by atoms with E-state index in [9.17, 15) is 22.5 Å². The predicted octanol–water partition coefficient (Wildman–Crippen LogP) is 5.12. The van der Waals surface area contributed by atoms with Crippen LogP contribution in [0, 0.1) is 0 Å². The summed E-state index contributed by atoms with van der Waals surface area (Å²) in [5.74, 6) is 0. The normalized spacial score (nSPS) is 13.2. The number of ether oxygens (including phenoxy) is 1. The number of hydrogen-bond acceptors (Lipinski definition) is 4. The van der Waals surface area contributed by atoms with Crippen LogP contribution >= 0.6 is 7.14 Å². The van der Waals surface area contributed by atoms with Crippen LogP contribution < -0.4 is 10.6 Å². The molecule has 0 saturated carbocycles. The van der Waals surface area contributed by atoms with Crippen LogP contribution in [0.15, 0.2) is 30.3 Å². The fourth-order valence-corrected chi connectivity index (χ4v) is 3.80. The summed E-state index contributed by atoms with van der Waals surface area (Å²) in [6.45, 7) is 11.6. The first-order valence-corrected chi connectivity index (χ1v) is 12.3. The number of nitrogens with zero attached hydrogens (tertiary/aromatic N) is 2. The van der Waals surface area contributed by atoms with E-state index in [4.69, 9.17) is 4.74 Å². The predicted molar refractivity (Wildman–Crippen MR) is 115 cm³/mol. The molecule has 2 rings (SSSR count). The van der Waals surface area contributed by atoms with Gasteiger partial charge in [0.2, 0.25) is 0 Å². The van der Waals surface area contributed by atoms with Crippen LogP contribution in [0.4, 0.5) is 18.0 Å². The molecule has 0 aliphatic heterocycles. The van der Waals surface area contributed by atoms with Crippen LogP contribution in [-0.2, 0) is 22.0 Å². The second-order valence-corrected chi connectivity index (χ2v) is 12.7. The summed E-state index contributed by atoms with van der Waals surface area (Å²) in [6.07, 6.45) is -5.31. The summed E-state index contributed by atoms with van der Waals surface area (Å²) >= 11 is 0. The number of hydrogen-bond donors (Lipinski definition) is 1. The molecule has 0 fully saturated rings. The molecular weight excluding hydrogens is 430 g/mol. The third-order valence-electron chi connectivity index (χ3n) is 4.22. The van der Waals surface area contributed by atoms with Crippen molar-refractivity contribution in [2.24, 2.45) is 0 Å². The van der Waals surface area contributed by atoms with Crippen molar-refractivity contribution < 1.29 is 27.3 Å². The lowest BCUT2D eigenvalue weighted by Crippen LogP contribution is -2.48. The summed E-state index contributed by atoms with van der Waals surface area (Å²) < 4.78 is 59.1. The van der Waals surface area contributed by atoms with Gasteiger partial charge in [0.05, 0.1) is 17.8 Å². The average molecular weight is 459 g/mol. The van der Waals surface area contributed by atoms with Gasteiger partial charge in [0.15, 0.2) is 5.69 Å². The van der Waals surface area contributed by atoms with Crippen molar-refractivity contribution in [3.63, 3.8) is 0 Å². The number of carbonyl (C=O) groups excluding carboxylic acids is 1. The third kappa shape index (κ3) is 7.13. The number of amides is 1. The van der Waals surface area contributed by atoms with Crippen molar-refractivity contribution >= 4 is 18.5 Å². The lowest BCUT2D eigenvalue weighted by atomic mass is 10.1. The lowest BCUT2D eigenvalue weighted by Gasteiger charge is -2.29. The van der Waals surface area contributed by atoms with E-state index in [0.717, 1.165) is 6.07 Å². The fraction of sp³-hybridized carbons (Fsp3) is 0.524. The molecule has 0 radical (unpaired) electrons. The minimum absolute atomic E-state index is 0.0439. The van der Waals surface area contributed by atoms with E-state index in [1.54, 1.807) is 72.2 Å². The Morgan fingerprint density at radius 3 is 2.26 bits per heavy atom. The maximum absolute atomic E-state index is 13.4. The van der Waals surface area contributed by atoms with Crippen LogP contribution in [0.25, 0.3) is 11.3 Å². The summed E-state index contributed by atoms with van der Waals surface area (Å²) in [4.78, 5) is 12.2. The van der Waals surface area contributed by atoms with Crippen molar-refractivity contribution in [3.05, 3.63) is 36.0 Å². The maximum atomic E-state index is 13.4. The van der Waals surface area contributed by atoms with Gasteiger partial charge >= 0.3 is 12.3 Å². The summed E-state index contributed by atoms with van der Waals surface area (Å²) in [5.41, 5.74) is -2.06. The molecule has 31 heavy (non-hydrogen) atoms. The van der Waals surface area contributed by atoms with Gasteiger partial charge < -0.3 is 14.6 Å². The van der Waals surface area contributed by atoms with Gasteiger partial charge in [0.1, 0.15) is 12.7 Å². The zero-order valence-corrected chi connectivity index (χ0v) is 19.7. The fourth-order valence-electron chi connectivity index (χ4n) is 2.90. The summed E-state index contributed by atoms with van der Waals surface area (Å²) in [7, 11) is -2.61. The Morgan fingerprint density at radius 2 is 1.74 bits per heavy atom. The van der Waals surface area contributed by atoms with Gasteiger partial charge in [-0.05, 0) is 60.1 Å². The molecule has 1 aromatic heterocycles. The number of carbonyl (C=O) groups is 1. The second-order valence-electron chi connectivity index (χ2n) is 9.48. The molecule has 1 aromatic carbocycles. The molecule has 10 heteroatoms. The van der Waals surface area contributed by atoms with Crippen LogP contribution in [0.5, 0.6) is 0 Å². The number of alkyl carbamates (subject to hydrolysis) is 1. The minimum atomic E-state index is -4.63. The van der Waals surface area contributed by atoms with Crippen molar-refractivity contribution in [1.82, 2.24) is 15.1 Å². The molecule has 1 amide bonds. The molecular formula is C21H29F3N3O3P. The quantitative estimate of drug-likeness (QED) is 0.630. The van der Waals surface area contributed by atoms with E-state index in [0.29, 0.717) is 10.9 Å². The van der Waals surface area contributed by atoms with E-state index in [-0.39, 0.29) is 12.2 Å². The first kappa shape index (κ1) is 25.0. The van der Waals surface area contributed by atoms with Crippen LogP contribution in [-0.4, -0.2) is 40.3 Å². The average Bonchev–Trinajstić information content (AvgIpc) is 2.94. The zero-order chi connectivity index (χ0) is 23.8. The smallest absolute Gasteiger partial charge is 0.435 e. The summed E-state index contributed by atoms with van der Waals surface area (Å²) in [6, 6.07) is 7.55. The van der Waals surface area contributed by atoms with E-state index < -0.39 is 36.2 Å². The van der Waals surface area contributed by atoms with E-state index in [1.165, 1.54) is 4.68 Å². The van der Waals surface area contributed by atoms with Crippen molar-refractivity contribution in [2.75, 3.05) is 13.3 Å². The van der Waals surface area contributed by atoms with Crippen LogP contribution in [0.1, 0.15) is 40.3 Å². The highest BCUT2D eigenvalue weighted by atomic mass is 31.2. The highest BCUT2D eigenvalue weighted by Gasteiger charge is 2.36. The highest BCUT2D eigenvalue weighted by molar-refractivity contribution is 7.70. The highest BCUT2D eigenvalue weighted by Crippen LogP contribution is 2.37.